The Morgan fingerprint density at radius 3 is 2.43 bits per heavy atom. The predicted molar refractivity (Wildman–Crippen MR) is 109 cm³/mol. The standard InChI is InChI=1S/C20H18ClNO5S/c1-25-16-10-13(15(21)12-17(16)26-2)11-18-19(23)22(20(24)28-18)8-9-27-14-6-4-3-5-7-14/h3-7,10-12H,8-9H2,1-2H3/b18-11-. The fraction of sp³-hybridized carbons (Fsp3) is 0.200. The molecule has 1 saturated heterocycles. The second-order valence-electron chi connectivity index (χ2n) is 5.72. The van der Waals surface area contributed by atoms with E-state index in [4.69, 9.17) is 25.8 Å². The lowest BCUT2D eigenvalue weighted by molar-refractivity contribution is -0.123. The van der Waals surface area contributed by atoms with Gasteiger partial charge in [0.2, 0.25) is 0 Å². The van der Waals surface area contributed by atoms with Crippen LogP contribution < -0.4 is 14.2 Å². The first-order chi connectivity index (χ1) is 13.5. The van der Waals surface area contributed by atoms with E-state index in [1.807, 2.05) is 30.3 Å². The van der Waals surface area contributed by atoms with Gasteiger partial charge in [-0.3, -0.25) is 14.5 Å². The van der Waals surface area contributed by atoms with E-state index >= 15 is 0 Å². The van der Waals surface area contributed by atoms with Gasteiger partial charge in [0.1, 0.15) is 12.4 Å². The molecule has 0 saturated carbocycles. The number of hydrogen-bond donors (Lipinski definition) is 0. The molecule has 2 aromatic carbocycles. The Bertz CT molecular complexity index is 916. The molecule has 0 N–H and O–H groups in total. The third-order valence-corrected chi connectivity index (χ3v) is 5.22. The second kappa shape index (κ2) is 9.03. The Kier molecular flexibility index (Phi) is 6.49. The van der Waals surface area contributed by atoms with Crippen LogP contribution in [0.2, 0.25) is 5.02 Å². The van der Waals surface area contributed by atoms with Crippen LogP contribution in [0.5, 0.6) is 17.2 Å². The van der Waals surface area contributed by atoms with Crippen LogP contribution in [0, 0.1) is 0 Å². The van der Waals surface area contributed by atoms with Gasteiger partial charge in [0.05, 0.1) is 30.7 Å². The van der Waals surface area contributed by atoms with Crippen LogP contribution >= 0.6 is 23.4 Å². The van der Waals surface area contributed by atoms with Gasteiger partial charge in [-0.2, -0.15) is 0 Å². The minimum atomic E-state index is -0.377. The van der Waals surface area contributed by atoms with Gasteiger partial charge >= 0.3 is 0 Å². The molecule has 0 radical (unpaired) electrons. The number of para-hydroxylation sites is 1. The molecule has 3 rings (SSSR count). The second-order valence-corrected chi connectivity index (χ2v) is 7.12. The lowest BCUT2D eigenvalue weighted by Gasteiger charge is -2.13. The molecule has 1 fully saturated rings. The van der Waals surface area contributed by atoms with E-state index in [0.29, 0.717) is 32.7 Å². The molecule has 1 heterocycles. The fourth-order valence-corrected chi connectivity index (χ4v) is 3.65. The van der Waals surface area contributed by atoms with Gasteiger partial charge in [-0.15, -0.1) is 0 Å². The molecule has 0 aromatic heterocycles. The molecule has 2 aromatic rings. The van der Waals surface area contributed by atoms with Crippen LogP contribution in [0.15, 0.2) is 47.4 Å². The highest BCUT2D eigenvalue weighted by Crippen LogP contribution is 2.37. The molecule has 8 heteroatoms. The van der Waals surface area contributed by atoms with Crippen molar-refractivity contribution >= 4 is 40.6 Å². The van der Waals surface area contributed by atoms with Crippen LogP contribution in [0.4, 0.5) is 4.79 Å². The Morgan fingerprint density at radius 2 is 1.75 bits per heavy atom. The summed E-state index contributed by atoms with van der Waals surface area (Å²) in [5.41, 5.74) is 0.561. The Balaban J connectivity index is 1.72. The summed E-state index contributed by atoms with van der Waals surface area (Å²) >= 11 is 7.14. The molecule has 0 bridgehead atoms. The van der Waals surface area contributed by atoms with Crippen molar-refractivity contribution in [2.75, 3.05) is 27.4 Å². The van der Waals surface area contributed by atoms with E-state index in [1.165, 1.54) is 14.2 Å². The van der Waals surface area contributed by atoms with E-state index in [9.17, 15) is 9.59 Å². The van der Waals surface area contributed by atoms with Crippen LogP contribution in [-0.2, 0) is 4.79 Å². The molecule has 6 nitrogen and oxygen atoms in total. The average Bonchev–Trinajstić information content (AvgIpc) is 2.97. The zero-order valence-corrected chi connectivity index (χ0v) is 16.9. The SMILES string of the molecule is COc1cc(Cl)c(/C=C2\SC(=O)N(CCOc3ccccc3)C2=O)cc1OC. The van der Waals surface area contributed by atoms with Gasteiger partial charge in [-0.25, -0.2) is 0 Å². The summed E-state index contributed by atoms with van der Waals surface area (Å²) in [5.74, 6) is 1.27. The maximum absolute atomic E-state index is 12.6. The van der Waals surface area contributed by atoms with Gasteiger partial charge in [0.25, 0.3) is 11.1 Å². The zero-order valence-electron chi connectivity index (χ0n) is 15.3. The van der Waals surface area contributed by atoms with Crippen LogP contribution in [0.25, 0.3) is 6.08 Å². The minimum Gasteiger partial charge on any atom is -0.493 e. The van der Waals surface area contributed by atoms with Crippen molar-refractivity contribution in [3.8, 4) is 17.2 Å². The summed E-state index contributed by atoms with van der Waals surface area (Å²) in [6, 6.07) is 12.5. The van der Waals surface area contributed by atoms with Gasteiger partial charge in [0, 0.05) is 6.07 Å². The molecular formula is C20H18ClNO5S. The van der Waals surface area contributed by atoms with Crippen molar-refractivity contribution in [1.82, 2.24) is 4.90 Å². The number of hydrogen-bond acceptors (Lipinski definition) is 6. The number of methoxy groups -OCH3 is 2. The first-order valence-electron chi connectivity index (χ1n) is 8.38. The molecule has 1 aliphatic heterocycles. The molecule has 0 aliphatic carbocycles. The molecule has 0 unspecified atom stereocenters. The normalized spacial score (nSPS) is 15.2. The van der Waals surface area contributed by atoms with Crippen molar-refractivity contribution in [3.05, 3.63) is 58.0 Å². The molecule has 0 atom stereocenters. The Labute approximate surface area is 172 Å². The largest absolute Gasteiger partial charge is 0.493 e. The fourth-order valence-electron chi connectivity index (χ4n) is 2.59. The minimum absolute atomic E-state index is 0.163. The summed E-state index contributed by atoms with van der Waals surface area (Å²) in [5, 5.41) is 0.0429. The number of carbonyl (C=O) groups is 2. The van der Waals surface area contributed by atoms with Crippen molar-refractivity contribution < 1.29 is 23.8 Å². The van der Waals surface area contributed by atoms with Gasteiger partial charge < -0.3 is 14.2 Å². The summed E-state index contributed by atoms with van der Waals surface area (Å²) in [7, 11) is 3.02. The highest BCUT2D eigenvalue weighted by Gasteiger charge is 2.35. The number of halogens is 1. The highest BCUT2D eigenvalue weighted by molar-refractivity contribution is 8.18. The van der Waals surface area contributed by atoms with Crippen LogP contribution in [0.3, 0.4) is 0 Å². The van der Waals surface area contributed by atoms with Crippen LogP contribution in [0.1, 0.15) is 5.56 Å². The summed E-state index contributed by atoms with van der Waals surface area (Å²) in [6.45, 7) is 0.378. The zero-order chi connectivity index (χ0) is 20.1. The van der Waals surface area contributed by atoms with Crippen molar-refractivity contribution in [2.45, 2.75) is 0 Å². The lowest BCUT2D eigenvalue weighted by atomic mass is 10.1. The summed E-state index contributed by atoms with van der Waals surface area (Å²) < 4.78 is 16.0. The number of imide groups is 1. The Morgan fingerprint density at radius 1 is 1.07 bits per heavy atom. The third kappa shape index (κ3) is 4.43. The van der Waals surface area contributed by atoms with Gasteiger partial charge in [-0.05, 0) is 41.6 Å². The summed E-state index contributed by atoms with van der Waals surface area (Å²) in [4.78, 5) is 26.3. The number of rotatable bonds is 7. The number of carbonyl (C=O) groups excluding carboxylic acids is 2. The van der Waals surface area contributed by atoms with Gasteiger partial charge in [0.15, 0.2) is 11.5 Å². The smallest absolute Gasteiger partial charge is 0.293 e. The number of amides is 2. The Hall–Kier alpha value is -2.64. The molecule has 1 aliphatic rings. The molecule has 0 spiro atoms. The number of nitrogens with zero attached hydrogens (tertiary/aromatic N) is 1. The molecular weight excluding hydrogens is 402 g/mol. The molecule has 146 valence electrons. The van der Waals surface area contributed by atoms with Crippen molar-refractivity contribution in [1.29, 1.82) is 0 Å². The quantitative estimate of drug-likeness (QED) is 0.617. The first-order valence-corrected chi connectivity index (χ1v) is 9.57. The van der Waals surface area contributed by atoms with E-state index in [0.717, 1.165) is 16.7 Å². The number of ether oxygens (including phenoxy) is 3. The average molecular weight is 420 g/mol. The molecule has 2 amide bonds. The van der Waals surface area contributed by atoms with Crippen molar-refractivity contribution in [3.63, 3.8) is 0 Å². The molecule has 28 heavy (non-hydrogen) atoms. The summed E-state index contributed by atoms with van der Waals surface area (Å²) in [6.07, 6.45) is 1.58. The number of thioether (sulfide) groups is 1. The maximum Gasteiger partial charge on any atom is 0.293 e. The lowest BCUT2D eigenvalue weighted by Crippen LogP contribution is -2.32. The van der Waals surface area contributed by atoms with Gasteiger partial charge in [-0.1, -0.05) is 29.8 Å². The van der Waals surface area contributed by atoms with Crippen LogP contribution in [-0.4, -0.2) is 43.4 Å². The predicted octanol–water partition coefficient (Wildman–Crippen LogP) is 4.47. The van der Waals surface area contributed by atoms with Crippen molar-refractivity contribution in [2.24, 2.45) is 0 Å². The van der Waals surface area contributed by atoms with E-state index in [-0.39, 0.29) is 24.3 Å². The van der Waals surface area contributed by atoms with E-state index < -0.39 is 0 Å². The topological polar surface area (TPSA) is 65.1 Å². The number of benzene rings is 2. The maximum atomic E-state index is 12.6. The van der Waals surface area contributed by atoms with E-state index in [2.05, 4.69) is 0 Å². The highest BCUT2D eigenvalue weighted by atomic mass is 35.5. The third-order valence-electron chi connectivity index (χ3n) is 3.99. The monoisotopic (exact) mass is 419 g/mol. The first kappa shape index (κ1) is 20.1. The van der Waals surface area contributed by atoms with E-state index in [1.54, 1.807) is 18.2 Å².